The van der Waals surface area contributed by atoms with Gasteiger partial charge in [0.25, 0.3) is 0 Å². The quantitative estimate of drug-likeness (QED) is 0.834. The van der Waals surface area contributed by atoms with Crippen LogP contribution in [-0.4, -0.2) is 29.6 Å². The average molecular weight is 271 g/mol. The van der Waals surface area contributed by atoms with E-state index >= 15 is 0 Å². The molecule has 0 aromatic heterocycles. The zero-order valence-corrected chi connectivity index (χ0v) is 11.9. The van der Waals surface area contributed by atoms with Crippen LogP contribution in [0.15, 0.2) is 24.3 Å². The first-order valence-electron chi connectivity index (χ1n) is 7.11. The smallest absolute Gasteiger partial charge is 0.222 e. The maximum atomic E-state index is 12.0. The van der Waals surface area contributed by atoms with Gasteiger partial charge in [-0.1, -0.05) is 24.0 Å². The summed E-state index contributed by atoms with van der Waals surface area (Å²) in [5.74, 6) is 6.78. The second-order valence-corrected chi connectivity index (χ2v) is 5.37. The van der Waals surface area contributed by atoms with Gasteiger partial charge in [-0.05, 0) is 36.5 Å². The lowest BCUT2D eigenvalue weighted by atomic mass is 10.1. The summed E-state index contributed by atoms with van der Waals surface area (Å²) in [6.45, 7) is 0.714. The van der Waals surface area contributed by atoms with E-state index in [4.69, 9.17) is 5.11 Å². The zero-order chi connectivity index (χ0) is 14.4. The Morgan fingerprint density at radius 3 is 2.95 bits per heavy atom. The Balaban J connectivity index is 1.93. The van der Waals surface area contributed by atoms with Gasteiger partial charge in [0.05, 0.1) is 6.61 Å². The van der Waals surface area contributed by atoms with Gasteiger partial charge in [0.2, 0.25) is 5.91 Å². The summed E-state index contributed by atoms with van der Waals surface area (Å²) >= 11 is 0. The fraction of sp³-hybridized carbons (Fsp3) is 0.471. The van der Waals surface area contributed by atoms with E-state index in [9.17, 15) is 4.79 Å². The van der Waals surface area contributed by atoms with Crippen LogP contribution in [0.2, 0.25) is 0 Å². The third-order valence-electron chi connectivity index (χ3n) is 3.40. The van der Waals surface area contributed by atoms with Gasteiger partial charge in [0.15, 0.2) is 0 Å². The number of hydrogen-bond acceptors (Lipinski definition) is 2. The Morgan fingerprint density at radius 1 is 1.45 bits per heavy atom. The number of carbonyl (C=O) groups is 1. The Kier molecular flexibility index (Phi) is 5.20. The highest BCUT2D eigenvalue weighted by molar-refractivity contribution is 5.76. The first kappa shape index (κ1) is 14.6. The van der Waals surface area contributed by atoms with Crippen molar-refractivity contribution in [2.75, 3.05) is 13.7 Å². The Bertz CT molecular complexity index is 523. The van der Waals surface area contributed by atoms with Crippen molar-refractivity contribution in [1.82, 2.24) is 4.90 Å². The number of benzene rings is 1. The fourth-order valence-corrected chi connectivity index (χ4v) is 2.05. The Labute approximate surface area is 120 Å². The second kappa shape index (κ2) is 7.12. The van der Waals surface area contributed by atoms with E-state index < -0.39 is 0 Å². The zero-order valence-electron chi connectivity index (χ0n) is 11.9. The molecule has 1 fully saturated rings. The molecule has 0 spiro atoms. The van der Waals surface area contributed by atoms with Crippen molar-refractivity contribution in [3.63, 3.8) is 0 Å². The van der Waals surface area contributed by atoms with Crippen LogP contribution in [-0.2, 0) is 11.3 Å². The van der Waals surface area contributed by atoms with Crippen LogP contribution in [0.1, 0.15) is 36.8 Å². The lowest BCUT2D eigenvalue weighted by Gasteiger charge is -2.17. The molecule has 0 aliphatic heterocycles. The number of aliphatic hydroxyl groups is 1. The van der Waals surface area contributed by atoms with E-state index in [0.717, 1.165) is 11.1 Å². The molecule has 0 saturated heterocycles. The van der Waals surface area contributed by atoms with Gasteiger partial charge in [-0.25, -0.2) is 0 Å². The molecular weight excluding hydrogens is 250 g/mol. The highest BCUT2D eigenvalue weighted by Gasteiger charge is 2.25. The average Bonchev–Trinajstić information content (AvgIpc) is 3.23. The first-order chi connectivity index (χ1) is 9.69. The van der Waals surface area contributed by atoms with Gasteiger partial charge in [-0.2, -0.15) is 0 Å². The summed E-state index contributed by atoms with van der Waals surface area (Å²) in [7, 11) is 1.86. The molecule has 2 rings (SSSR count). The van der Waals surface area contributed by atoms with E-state index in [-0.39, 0.29) is 12.5 Å². The van der Waals surface area contributed by atoms with Crippen LogP contribution in [0, 0.1) is 17.8 Å². The van der Waals surface area contributed by atoms with E-state index in [1.165, 1.54) is 12.8 Å². The number of nitrogens with zero attached hydrogens (tertiary/aromatic N) is 1. The molecule has 1 N–H and O–H groups in total. The van der Waals surface area contributed by atoms with Gasteiger partial charge in [0.1, 0.15) is 0 Å². The Hall–Kier alpha value is -1.79. The fourth-order valence-electron chi connectivity index (χ4n) is 2.05. The van der Waals surface area contributed by atoms with Crippen LogP contribution in [0.4, 0.5) is 0 Å². The monoisotopic (exact) mass is 271 g/mol. The normalized spacial score (nSPS) is 13.5. The lowest BCUT2D eigenvalue weighted by Crippen LogP contribution is -2.26. The van der Waals surface area contributed by atoms with E-state index in [1.807, 2.05) is 31.3 Å². The van der Waals surface area contributed by atoms with Crippen LogP contribution >= 0.6 is 0 Å². The van der Waals surface area contributed by atoms with Crippen molar-refractivity contribution in [3.05, 3.63) is 35.4 Å². The summed E-state index contributed by atoms with van der Waals surface area (Å²) in [4.78, 5) is 13.8. The Morgan fingerprint density at radius 2 is 2.25 bits per heavy atom. The van der Waals surface area contributed by atoms with E-state index in [1.54, 1.807) is 4.90 Å². The van der Waals surface area contributed by atoms with Crippen molar-refractivity contribution in [2.24, 2.45) is 5.92 Å². The van der Waals surface area contributed by atoms with Crippen molar-refractivity contribution < 1.29 is 9.90 Å². The third-order valence-corrected chi connectivity index (χ3v) is 3.40. The van der Waals surface area contributed by atoms with Gasteiger partial charge in [-0.15, -0.1) is 0 Å². The maximum Gasteiger partial charge on any atom is 0.222 e. The highest BCUT2D eigenvalue weighted by atomic mass is 16.2. The molecule has 20 heavy (non-hydrogen) atoms. The summed E-state index contributed by atoms with van der Waals surface area (Å²) in [5, 5.41) is 8.71. The molecular formula is C17H21NO2. The molecule has 1 saturated carbocycles. The molecule has 0 unspecified atom stereocenters. The van der Waals surface area contributed by atoms with Crippen molar-refractivity contribution >= 4 is 5.91 Å². The summed E-state index contributed by atoms with van der Waals surface area (Å²) < 4.78 is 0. The molecule has 1 aliphatic carbocycles. The topological polar surface area (TPSA) is 40.5 Å². The number of carbonyl (C=O) groups excluding carboxylic acids is 1. The number of rotatable bonds is 5. The molecule has 3 heteroatoms. The lowest BCUT2D eigenvalue weighted by molar-refractivity contribution is -0.130. The van der Waals surface area contributed by atoms with Gasteiger partial charge in [0, 0.05) is 32.0 Å². The molecule has 0 atom stereocenters. The first-order valence-corrected chi connectivity index (χ1v) is 7.11. The van der Waals surface area contributed by atoms with Gasteiger partial charge in [-0.3, -0.25) is 4.79 Å². The molecule has 0 bridgehead atoms. The molecule has 1 aromatic rings. The van der Waals surface area contributed by atoms with Gasteiger partial charge < -0.3 is 10.0 Å². The number of aliphatic hydroxyl groups excluding tert-OH is 1. The molecule has 1 amide bonds. The molecule has 3 nitrogen and oxygen atoms in total. The molecule has 1 aromatic carbocycles. The van der Waals surface area contributed by atoms with Crippen molar-refractivity contribution in [2.45, 2.75) is 32.2 Å². The molecule has 106 valence electrons. The second-order valence-electron chi connectivity index (χ2n) is 5.37. The minimum absolute atomic E-state index is 0.0884. The predicted molar refractivity (Wildman–Crippen MR) is 78.8 cm³/mol. The summed E-state index contributed by atoms with van der Waals surface area (Å²) in [5.41, 5.74) is 2.02. The number of hydrogen-bond donors (Lipinski definition) is 1. The van der Waals surface area contributed by atoms with Crippen LogP contribution in [0.25, 0.3) is 0 Å². The minimum atomic E-state index is 0.0884. The van der Waals surface area contributed by atoms with Gasteiger partial charge >= 0.3 is 0 Å². The third kappa shape index (κ3) is 4.71. The van der Waals surface area contributed by atoms with Crippen molar-refractivity contribution in [3.8, 4) is 11.8 Å². The number of amides is 1. The van der Waals surface area contributed by atoms with E-state index in [2.05, 4.69) is 11.8 Å². The highest BCUT2D eigenvalue weighted by Crippen LogP contribution is 2.32. The predicted octanol–water partition coefficient (Wildman–Crippen LogP) is 2.18. The van der Waals surface area contributed by atoms with Crippen LogP contribution in [0.5, 0.6) is 0 Å². The van der Waals surface area contributed by atoms with Crippen molar-refractivity contribution in [1.29, 1.82) is 0 Å². The summed E-state index contributed by atoms with van der Waals surface area (Å²) in [6, 6.07) is 7.92. The standard InChI is InChI=1S/C17H21NO2/c1-18(17(20)12-15-8-9-15)13-16-7-4-6-14(11-16)5-2-3-10-19/h4,6-7,11,15,19H,3,8-10,12-13H2,1H3. The van der Waals surface area contributed by atoms with E-state index in [0.29, 0.717) is 25.3 Å². The maximum absolute atomic E-state index is 12.0. The molecule has 1 aliphatic rings. The van der Waals surface area contributed by atoms with Crippen LogP contribution in [0.3, 0.4) is 0 Å². The SMILES string of the molecule is CN(Cc1cccc(C#CCCO)c1)C(=O)CC1CC1. The molecule has 0 heterocycles. The minimum Gasteiger partial charge on any atom is -0.395 e. The van der Waals surface area contributed by atoms with Crippen LogP contribution < -0.4 is 0 Å². The largest absolute Gasteiger partial charge is 0.395 e. The summed E-state index contributed by atoms with van der Waals surface area (Å²) in [6.07, 6.45) is 3.58. The molecule has 0 radical (unpaired) electrons.